The lowest BCUT2D eigenvalue weighted by molar-refractivity contribution is 0.0654. The molecule has 3 N–H and O–H groups in total. The van der Waals surface area contributed by atoms with Crippen LogP contribution in [0.5, 0.6) is 23.5 Å². The van der Waals surface area contributed by atoms with Gasteiger partial charge in [-0.3, -0.25) is 0 Å². The molecule has 0 saturated heterocycles. The van der Waals surface area contributed by atoms with E-state index in [9.17, 15) is 10.2 Å². The van der Waals surface area contributed by atoms with Crippen molar-refractivity contribution in [2.45, 2.75) is 116 Å². The smallest absolute Gasteiger partial charge is 0.236 e. The highest BCUT2D eigenvalue weighted by atomic mass is 35.5. The van der Waals surface area contributed by atoms with Crippen molar-refractivity contribution in [1.29, 1.82) is 0 Å². The third-order valence-electron chi connectivity index (χ3n) is 11.2. The number of nitrogens with one attached hydrogen (secondary N) is 1. The van der Waals surface area contributed by atoms with E-state index in [1.165, 1.54) is 0 Å². The van der Waals surface area contributed by atoms with Crippen molar-refractivity contribution in [2.24, 2.45) is 5.92 Å². The first kappa shape index (κ1) is 40.1. The second-order valence-corrected chi connectivity index (χ2v) is 15.4. The standard InChI is InChI=1S/C43H53Cl2N3O6/c1-26-30(24-53-42-35(44)21-29(40(47-42)51-3)20-19-28-11-5-7-17-38(28)49)12-9-14-33(26)34-15-10-13-31(27(34)2)25-54-43-36(45)22-32(41(48-43)52-4)23-46-37-16-6-8-18-39(37)50/h9-10,12-15,21-22,28,37-39,46,49-50H,5-8,11,16-20,23-25H2,1-4H3/t28-,37+,38-,39-/m1/s1. The average molecular weight is 779 g/mol. The van der Waals surface area contributed by atoms with Crippen molar-refractivity contribution in [1.82, 2.24) is 15.3 Å². The fourth-order valence-corrected chi connectivity index (χ4v) is 8.32. The van der Waals surface area contributed by atoms with Gasteiger partial charge in [0.05, 0.1) is 26.4 Å². The summed E-state index contributed by atoms with van der Waals surface area (Å²) in [5.41, 5.74) is 8.09. The Balaban J connectivity index is 1.12. The molecule has 2 aliphatic carbocycles. The Kier molecular flexibility index (Phi) is 14.0. The van der Waals surface area contributed by atoms with Crippen LogP contribution in [0.2, 0.25) is 10.0 Å². The van der Waals surface area contributed by atoms with E-state index in [4.69, 9.17) is 42.1 Å². The molecular weight excluding hydrogens is 725 g/mol. The van der Waals surface area contributed by atoms with Crippen LogP contribution in [0.4, 0.5) is 0 Å². The maximum absolute atomic E-state index is 10.4. The quantitative estimate of drug-likeness (QED) is 0.109. The highest BCUT2D eigenvalue weighted by Crippen LogP contribution is 2.36. The molecule has 6 rings (SSSR count). The number of aromatic nitrogens is 2. The largest absolute Gasteiger partial charge is 0.481 e. The summed E-state index contributed by atoms with van der Waals surface area (Å²) >= 11 is 13.4. The summed E-state index contributed by atoms with van der Waals surface area (Å²) < 4.78 is 23.6. The Morgan fingerprint density at radius 1 is 0.667 bits per heavy atom. The van der Waals surface area contributed by atoms with Gasteiger partial charge >= 0.3 is 0 Å². The van der Waals surface area contributed by atoms with Crippen molar-refractivity contribution in [2.75, 3.05) is 14.2 Å². The van der Waals surface area contributed by atoms with Crippen LogP contribution in [-0.2, 0) is 26.2 Å². The summed E-state index contributed by atoms with van der Waals surface area (Å²) in [4.78, 5) is 9.23. The van der Waals surface area contributed by atoms with Crippen molar-refractivity contribution in [3.63, 3.8) is 0 Å². The lowest BCUT2D eigenvalue weighted by atomic mass is 9.83. The second-order valence-electron chi connectivity index (χ2n) is 14.6. The normalized spacial score (nSPS) is 20.1. The molecule has 2 fully saturated rings. The van der Waals surface area contributed by atoms with Crippen LogP contribution in [0.1, 0.15) is 91.2 Å². The maximum Gasteiger partial charge on any atom is 0.236 e. The van der Waals surface area contributed by atoms with Gasteiger partial charge in [0.25, 0.3) is 0 Å². The molecule has 290 valence electrons. The van der Waals surface area contributed by atoms with E-state index in [0.29, 0.717) is 46.0 Å². The number of benzene rings is 2. The zero-order valence-electron chi connectivity index (χ0n) is 31.8. The van der Waals surface area contributed by atoms with Crippen LogP contribution in [-0.4, -0.2) is 52.7 Å². The molecule has 9 nitrogen and oxygen atoms in total. The number of aryl methyl sites for hydroxylation is 1. The van der Waals surface area contributed by atoms with Crippen LogP contribution in [0.25, 0.3) is 11.1 Å². The molecular formula is C43H53Cl2N3O6. The number of hydrogen-bond donors (Lipinski definition) is 3. The maximum atomic E-state index is 10.4. The predicted octanol–water partition coefficient (Wildman–Crippen LogP) is 9.12. The Bertz CT molecular complexity index is 1760. The number of aliphatic hydroxyl groups excluding tert-OH is 2. The van der Waals surface area contributed by atoms with Gasteiger partial charge in [0, 0.05) is 23.7 Å². The van der Waals surface area contributed by atoms with Gasteiger partial charge in [-0.1, -0.05) is 85.3 Å². The van der Waals surface area contributed by atoms with Gasteiger partial charge in [0.1, 0.15) is 23.3 Å². The van der Waals surface area contributed by atoms with E-state index in [-0.39, 0.29) is 31.5 Å². The molecule has 0 aliphatic heterocycles. The van der Waals surface area contributed by atoms with Gasteiger partial charge in [0.2, 0.25) is 23.5 Å². The fraction of sp³-hybridized carbons (Fsp3) is 0.488. The summed E-state index contributed by atoms with van der Waals surface area (Å²) in [5, 5.41) is 25.1. The minimum Gasteiger partial charge on any atom is -0.481 e. The van der Waals surface area contributed by atoms with E-state index in [1.807, 2.05) is 36.4 Å². The van der Waals surface area contributed by atoms with Crippen molar-refractivity contribution in [3.05, 3.63) is 92.0 Å². The molecule has 11 heteroatoms. The molecule has 2 aromatic carbocycles. The monoisotopic (exact) mass is 777 g/mol. The number of halogens is 2. The summed E-state index contributed by atoms with van der Waals surface area (Å²) in [6.07, 6.45) is 9.09. The summed E-state index contributed by atoms with van der Waals surface area (Å²) in [7, 11) is 3.19. The number of nitrogens with zero attached hydrogens (tertiary/aromatic N) is 2. The van der Waals surface area contributed by atoms with Gasteiger partial charge in [-0.2, -0.15) is 9.97 Å². The molecule has 0 unspecified atom stereocenters. The van der Waals surface area contributed by atoms with Crippen LogP contribution in [0.15, 0.2) is 48.5 Å². The topological polar surface area (TPSA) is 115 Å². The van der Waals surface area contributed by atoms with E-state index in [1.54, 1.807) is 14.2 Å². The van der Waals surface area contributed by atoms with Gasteiger partial charge in [-0.15, -0.1) is 0 Å². The summed E-state index contributed by atoms with van der Waals surface area (Å²) in [6.45, 7) is 5.22. The van der Waals surface area contributed by atoms with Crippen LogP contribution in [0.3, 0.4) is 0 Å². The third kappa shape index (κ3) is 9.61. The van der Waals surface area contributed by atoms with Gasteiger partial charge < -0.3 is 34.5 Å². The molecule has 2 aromatic heterocycles. The molecule has 54 heavy (non-hydrogen) atoms. The zero-order chi connectivity index (χ0) is 38.2. The molecule has 0 amide bonds. The minimum absolute atomic E-state index is 0.0420. The van der Waals surface area contributed by atoms with E-state index in [0.717, 1.165) is 109 Å². The lowest BCUT2D eigenvalue weighted by Crippen LogP contribution is -2.41. The van der Waals surface area contributed by atoms with Crippen LogP contribution >= 0.6 is 23.2 Å². The third-order valence-corrected chi connectivity index (χ3v) is 11.7. The number of aliphatic hydroxyl groups is 2. The van der Waals surface area contributed by atoms with Gasteiger partial charge in [-0.25, -0.2) is 0 Å². The molecule has 0 spiro atoms. The van der Waals surface area contributed by atoms with E-state index in [2.05, 4.69) is 41.3 Å². The zero-order valence-corrected chi connectivity index (χ0v) is 33.3. The predicted molar refractivity (Wildman–Crippen MR) is 213 cm³/mol. The lowest BCUT2D eigenvalue weighted by Gasteiger charge is -2.28. The molecule has 2 aliphatic rings. The van der Waals surface area contributed by atoms with Gasteiger partial charge in [-0.05, 0) is 104 Å². The van der Waals surface area contributed by atoms with Gasteiger partial charge in [0.15, 0.2) is 0 Å². The Labute approximate surface area is 329 Å². The number of hydrogen-bond acceptors (Lipinski definition) is 9. The van der Waals surface area contributed by atoms with Crippen molar-refractivity contribution < 1.29 is 29.2 Å². The molecule has 0 bridgehead atoms. The average Bonchev–Trinajstić information content (AvgIpc) is 3.17. The summed E-state index contributed by atoms with van der Waals surface area (Å²) in [6, 6.07) is 16.1. The fourth-order valence-electron chi connectivity index (χ4n) is 7.86. The minimum atomic E-state index is -0.350. The molecule has 0 radical (unpaired) electrons. The Morgan fingerprint density at radius 2 is 1.19 bits per heavy atom. The van der Waals surface area contributed by atoms with Crippen molar-refractivity contribution in [3.8, 4) is 34.6 Å². The Morgan fingerprint density at radius 3 is 1.74 bits per heavy atom. The first-order valence-corrected chi connectivity index (χ1v) is 19.9. The van der Waals surface area contributed by atoms with E-state index >= 15 is 0 Å². The highest BCUT2D eigenvalue weighted by molar-refractivity contribution is 6.32. The number of pyridine rings is 2. The second kappa shape index (κ2) is 18.8. The van der Waals surface area contributed by atoms with Crippen LogP contribution in [0, 0.1) is 19.8 Å². The summed E-state index contributed by atoms with van der Waals surface area (Å²) in [5.74, 6) is 1.85. The molecule has 4 aromatic rings. The number of rotatable bonds is 15. The first-order chi connectivity index (χ1) is 26.2. The van der Waals surface area contributed by atoms with Crippen LogP contribution < -0.4 is 24.3 Å². The number of ether oxygens (including phenoxy) is 4. The Hall–Kier alpha value is -3.60. The highest BCUT2D eigenvalue weighted by Gasteiger charge is 2.25. The number of methoxy groups -OCH3 is 2. The van der Waals surface area contributed by atoms with E-state index < -0.39 is 0 Å². The first-order valence-electron chi connectivity index (χ1n) is 19.2. The van der Waals surface area contributed by atoms with Crippen molar-refractivity contribution >= 4 is 23.2 Å². The molecule has 2 heterocycles. The molecule has 2 saturated carbocycles. The molecule has 4 atom stereocenters. The SMILES string of the molecule is COc1nc(OCc2cccc(-c3cccc(COc4nc(OC)c(CN[C@H]5CCCC[C@H]5O)cc4Cl)c3C)c2C)c(Cl)cc1CC[C@H]1CCCC[C@H]1O.